The molecule has 0 radical (unpaired) electrons. The van der Waals surface area contributed by atoms with Gasteiger partial charge in [0, 0.05) is 0 Å². The van der Waals surface area contributed by atoms with Gasteiger partial charge in [-0.25, -0.2) is 28.1 Å². The third kappa shape index (κ3) is 6.47. The summed E-state index contributed by atoms with van der Waals surface area (Å²) in [5.41, 5.74) is 10.0. The van der Waals surface area contributed by atoms with Crippen molar-refractivity contribution in [2.45, 2.75) is 24.0 Å². The fourth-order valence-corrected chi connectivity index (χ4v) is 6.07. The van der Waals surface area contributed by atoms with Crippen LogP contribution in [0.25, 0.3) is 11.2 Å². The second kappa shape index (κ2) is 9.88. The molecule has 1 aliphatic heterocycles. The molecular formula is C13H18FN6O12P3. The molecule has 6 atom stereocenters. The highest BCUT2D eigenvalue weighted by Gasteiger charge is 2.55. The first-order valence-corrected chi connectivity index (χ1v) is 13.5. The Hall–Kier alpha value is -1.87. The number of rotatable bonds is 8. The Morgan fingerprint density at radius 3 is 2.51 bits per heavy atom. The molecule has 0 amide bonds. The fourth-order valence-electron chi connectivity index (χ4n) is 3.04. The molecule has 0 saturated carbocycles. The van der Waals surface area contributed by atoms with E-state index in [1.165, 1.54) is 17.1 Å². The van der Waals surface area contributed by atoms with Crippen molar-refractivity contribution < 1.29 is 60.6 Å². The summed E-state index contributed by atoms with van der Waals surface area (Å²) < 4.78 is 65.4. The summed E-state index contributed by atoms with van der Waals surface area (Å²) >= 11 is 0. The van der Waals surface area contributed by atoms with Crippen molar-refractivity contribution in [2.24, 2.45) is 5.73 Å². The Morgan fingerprint density at radius 1 is 1.20 bits per heavy atom. The van der Waals surface area contributed by atoms with Gasteiger partial charge in [0.15, 0.2) is 17.4 Å². The van der Waals surface area contributed by atoms with Gasteiger partial charge in [-0.1, -0.05) is 11.8 Å². The quantitative estimate of drug-likeness (QED) is 0.145. The lowest BCUT2D eigenvalue weighted by Crippen LogP contribution is -2.53. The molecule has 3 unspecified atom stereocenters. The number of anilines is 1. The predicted octanol–water partition coefficient (Wildman–Crippen LogP) is -1.32. The number of alkyl halides is 1. The maximum Gasteiger partial charge on any atom is 0.490 e. The van der Waals surface area contributed by atoms with Gasteiger partial charge in [-0.3, -0.25) is 9.09 Å². The van der Waals surface area contributed by atoms with Gasteiger partial charge in [0.2, 0.25) is 5.95 Å². The van der Waals surface area contributed by atoms with E-state index < -0.39 is 60.7 Å². The van der Waals surface area contributed by atoms with Crippen LogP contribution in [0, 0.1) is 11.8 Å². The number of aromatic nitrogens is 4. The predicted molar refractivity (Wildman–Crippen MR) is 110 cm³/mol. The molecule has 22 heteroatoms. The molecular weight excluding hydrogens is 544 g/mol. The van der Waals surface area contributed by atoms with E-state index in [2.05, 4.69) is 39.9 Å². The molecule has 1 fully saturated rings. The normalized spacial score (nSPS) is 28.3. The largest absolute Gasteiger partial charge is 0.490 e. The number of imidazole rings is 1. The van der Waals surface area contributed by atoms with Gasteiger partial charge in [-0.05, 0) is 0 Å². The Kier molecular flexibility index (Phi) is 7.83. The molecule has 0 aliphatic carbocycles. The number of fused-ring (bicyclic) bond motifs is 1. The topological polar surface area (TPSA) is 285 Å². The molecule has 35 heavy (non-hydrogen) atoms. The summed E-state index contributed by atoms with van der Waals surface area (Å²) in [7, 11) is -16.9. The van der Waals surface area contributed by atoms with Crippen LogP contribution in [0.5, 0.6) is 0 Å². The summed E-state index contributed by atoms with van der Waals surface area (Å²) in [6.45, 7) is -2.19. The summed E-state index contributed by atoms with van der Waals surface area (Å²) in [4.78, 5) is 47.8. The van der Waals surface area contributed by atoms with Crippen LogP contribution >= 0.6 is 23.5 Å². The number of hydrogen-bond acceptors (Lipinski definition) is 13. The number of nitrogens with zero attached hydrogens (tertiary/aromatic N) is 4. The number of phosphoric acid groups is 3. The van der Waals surface area contributed by atoms with Gasteiger partial charge in [0.05, 0.1) is 19.1 Å². The van der Waals surface area contributed by atoms with Crippen molar-refractivity contribution in [3.8, 4) is 11.8 Å². The van der Waals surface area contributed by atoms with Crippen molar-refractivity contribution in [1.82, 2.24) is 19.5 Å². The van der Waals surface area contributed by atoms with Gasteiger partial charge in [-0.2, -0.15) is 13.6 Å². The molecule has 3 rings (SSSR count). The van der Waals surface area contributed by atoms with Crippen LogP contribution < -0.4 is 11.5 Å². The molecule has 2 aromatic rings. The van der Waals surface area contributed by atoms with Crippen molar-refractivity contribution in [1.29, 1.82) is 0 Å². The van der Waals surface area contributed by atoms with E-state index in [-0.39, 0.29) is 17.1 Å². The average Bonchev–Trinajstić information content (AvgIpc) is 3.21. The SMILES string of the molecule is Nc1ncc2ncn([C@@H]3O[C@H](COP(=O)(O)OP(=O)(O)OP(=O)(O)O)C(O)[C@]3(N)C#CCF)c2n1. The maximum atomic E-state index is 12.8. The second-order valence-electron chi connectivity index (χ2n) is 6.82. The van der Waals surface area contributed by atoms with Gasteiger partial charge >= 0.3 is 23.5 Å². The summed E-state index contributed by atoms with van der Waals surface area (Å²) in [5, 5.41) is 10.7. The third-order valence-electron chi connectivity index (χ3n) is 4.33. The highest BCUT2D eigenvalue weighted by atomic mass is 31.3. The first-order valence-electron chi connectivity index (χ1n) is 8.99. The number of nitrogens with two attached hydrogens (primary N) is 2. The molecule has 194 valence electrons. The number of phosphoric ester groups is 1. The van der Waals surface area contributed by atoms with E-state index in [1.54, 1.807) is 0 Å². The fraction of sp³-hybridized carbons (Fsp3) is 0.462. The van der Waals surface area contributed by atoms with E-state index in [1.807, 2.05) is 0 Å². The second-order valence-corrected chi connectivity index (χ2v) is 11.2. The average molecular weight is 562 g/mol. The first-order chi connectivity index (χ1) is 16.1. The minimum Gasteiger partial charge on any atom is -0.387 e. The number of hydrogen-bond donors (Lipinski definition) is 7. The molecule has 0 spiro atoms. The van der Waals surface area contributed by atoms with Gasteiger partial charge < -0.3 is 40.9 Å². The molecule has 2 aromatic heterocycles. The van der Waals surface area contributed by atoms with Crippen LogP contribution in [0.4, 0.5) is 10.3 Å². The van der Waals surface area contributed by atoms with Crippen LogP contribution in [0.3, 0.4) is 0 Å². The summed E-state index contributed by atoms with van der Waals surface area (Å²) in [5.74, 6) is 4.21. The maximum absolute atomic E-state index is 12.8. The number of aliphatic hydroxyl groups excluding tert-OH is 1. The molecule has 1 saturated heterocycles. The zero-order valence-corrected chi connectivity index (χ0v) is 19.7. The number of ether oxygens (including phenoxy) is 1. The minimum absolute atomic E-state index is 0.0834. The standard InChI is InChI=1S/C13H18FN6O12P3/c14-3-1-2-13(16)9(21)8(5-29-34(25,26)32-35(27,28)31-33(22,23)24)30-11(13)20-6-18-7-4-17-12(15)19-10(7)20/h4,6,8-9,11,21H,3,5,16H2,(H,25,26)(H,27,28)(H2,15,17,19)(H2,22,23,24)/t8-,9?,11-,13-/m1/s1. The third-order valence-corrected chi connectivity index (χ3v) is 8.13. The lowest BCUT2D eigenvalue weighted by atomic mass is 9.91. The highest BCUT2D eigenvalue weighted by Crippen LogP contribution is 2.66. The number of aliphatic hydroxyl groups is 1. The van der Waals surface area contributed by atoms with E-state index in [4.69, 9.17) is 26.0 Å². The summed E-state index contributed by atoms with van der Waals surface area (Å²) in [6.07, 6.45) is -2.39. The van der Waals surface area contributed by atoms with Crippen LogP contribution in [0.15, 0.2) is 12.5 Å². The Morgan fingerprint density at radius 2 is 1.89 bits per heavy atom. The van der Waals surface area contributed by atoms with Gasteiger partial charge in [-0.15, -0.1) is 0 Å². The van der Waals surface area contributed by atoms with Crippen LogP contribution in [-0.4, -0.2) is 75.2 Å². The Bertz CT molecular complexity index is 1310. The Balaban J connectivity index is 1.85. The molecule has 0 aromatic carbocycles. The first kappa shape index (κ1) is 27.7. The van der Waals surface area contributed by atoms with E-state index in [0.717, 1.165) is 0 Å². The smallest absolute Gasteiger partial charge is 0.387 e. The van der Waals surface area contributed by atoms with Crippen LogP contribution in [0.1, 0.15) is 6.23 Å². The molecule has 9 N–H and O–H groups in total. The zero-order valence-electron chi connectivity index (χ0n) is 17.1. The van der Waals surface area contributed by atoms with Gasteiger partial charge in [0.25, 0.3) is 0 Å². The van der Waals surface area contributed by atoms with Gasteiger partial charge in [0.1, 0.15) is 24.4 Å². The van der Waals surface area contributed by atoms with Crippen molar-refractivity contribution in [3.63, 3.8) is 0 Å². The molecule has 1 aliphatic rings. The zero-order chi connectivity index (χ0) is 26.2. The van der Waals surface area contributed by atoms with E-state index in [0.29, 0.717) is 0 Å². The van der Waals surface area contributed by atoms with Crippen molar-refractivity contribution in [3.05, 3.63) is 12.5 Å². The molecule has 0 bridgehead atoms. The molecule has 18 nitrogen and oxygen atoms in total. The Labute approximate surface area is 194 Å². The van der Waals surface area contributed by atoms with Crippen molar-refractivity contribution >= 4 is 40.6 Å². The van der Waals surface area contributed by atoms with Crippen molar-refractivity contribution in [2.75, 3.05) is 19.0 Å². The van der Waals surface area contributed by atoms with Crippen LogP contribution in [-0.2, 0) is 31.6 Å². The van der Waals surface area contributed by atoms with Crippen LogP contribution in [0.2, 0.25) is 0 Å². The lowest BCUT2D eigenvalue weighted by molar-refractivity contribution is -0.0438. The summed E-state index contributed by atoms with van der Waals surface area (Å²) in [6, 6.07) is 0. The monoisotopic (exact) mass is 562 g/mol. The van der Waals surface area contributed by atoms with E-state index in [9.17, 15) is 33.0 Å². The molecule has 3 heterocycles. The lowest BCUT2D eigenvalue weighted by Gasteiger charge is -2.27. The minimum atomic E-state index is -5.77. The van der Waals surface area contributed by atoms with E-state index >= 15 is 0 Å². The highest BCUT2D eigenvalue weighted by molar-refractivity contribution is 7.66. The number of halogens is 1. The number of nitrogen functional groups attached to an aromatic ring is 1.